The summed E-state index contributed by atoms with van der Waals surface area (Å²) >= 11 is 0. The maximum atomic E-state index is 12.7. The van der Waals surface area contributed by atoms with Crippen LogP contribution in [0.1, 0.15) is 34.1 Å². The molecule has 39 heavy (non-hydrogen) atoms. The number of nitrogens with zero attached hydrogens (tertiary/aromatic N) is 1. The van der Waals surface area contributed by atoms with E-state index < -0.39 is 9.84 Å². The minimum absolute atomic E-state index is 0.140. The smallest absolute Gasteiger partial charge is 0.310 e. The fraction of sp³-hybridized carbons (Fsp3) is 0.194. The fourth-order valence-corrected chi connectivity index (χ4v) is 5.28. The highest BCUT2D eigenvalue weighted by atomic mass is 32.2. The molecule has 3 aromatic carbocycles. The molecule has 0 saturated heterocycles. The molecule has 0 atom stereocenters. The molecule has 4 aromatic rings. The van der Waals surface area contributed by atoms with Crippen LogP contribution in [0.5, 0.6) is 0 Å². The average Bonchev–Trinajstić information content (AvgIpc) is 2.92. The Kier molecular flexibility index (Phi) is 8.56. The second-order valence-corrected chi connectivity index (χ2v) is 11.2. The van der Waals surface area contributed by atoms with Crippen LogP contribution in [-0.4, -0.2) is 38.1 Å². The van der Waals surface area contributed by atoms with Gasteiger partial charge in [-0.3, -0.25) is 14.6 Å². The molecule has 1 aromatic heterocycles. The van der Waals surface area contributed by atoms with Crippen molar-refractivity contribution in [1.82, 2.24) is 10.3 Å². The highest BCUT2D eigenvalue weighted by Gasteiger charge is 2.15. The van der Waals surface area contributed by atoms with Crippen LogP contribution in [0.25, 0.3) is 22.3 Å². The molecule has 8 heteroatoms. The van der Waals surface area contributed by atoms with Gasteiger partial charge in [0.05, 0.1) is 30.2 Å². The average molecular weight is 543 g/mol. The minimum Gasteiger partial charge on any atom is -0.466 e. The van der Waals surface area contributed by atoms with Gasteiger partial charge in [0.2, 0.25) is 0 Å². The van der Waals surface area contributed by atoms with Gasteiger partial charge in [-0.15, -0.1) is 0 Å². The van der Waals surface area contributed by atoms with Gasteiger partial charge in [0.25, 0.3) is 5.91 Å². The molecule has 0 fully saturated rings. The summed E-state index contributed by atoms with van der Waals surface area (Å²) in [7, 11) is -3.44. The van der Waals surface area contributed by atoms with E-state index >= 15 is 0 Å². The van der Waals surface area contributed by atoms with Crippen molar-refractivity contribution in [3.05, 3.63) is 107 Å². The lowest BCUT2D eigenvalue weighted by Crippen LogP contribution is -2.23. The zero-order valence-corrected chi connectivity index (χ0v) is 22.9. The Balaban J connectivity index is 1.50. The predicted molar refractivity (Wildman–Crippen MR) is 151 cm³/mol. The molecule has 1 N–H and O–H groups in total. The molecule has 0 bridgehead atoms. The van der Waals surface area contributed by atoms with Gasteiger partial charge < -0.3 is 10.1 Å². The van der Waals surface area contributed by atoms with Gasteiger partial charge in [0.15, 0.2) is 9.84 Å². The number of rotatable bonds is 9. The second kappa shape index (κ2) is 12.0. The first-order valence-corrected chi connectivity index (χ1v) is 14.4. The number of benzene rings is 3. The van der Waals surface area contributed by atoms with Crippen molar-refractivity contribution in [1.29, 1.82) is 0 Å². The van der Waals surface area contributed by atoms with Crippen LogP contribution >= 0.6 is 0 Å². The van der Waals surface area contributed by atoms with Gasteiger partial charge >= 0.3 is 5.97 Å². The molecule has 0 aliphatic carbocycles. The van der Waals surface area contributed by atoms with E-state index in [1.165, 1.54) is 6.07 Å². The summed E-state index contributed by atoms with van der Waals surface area (Å²) in [5.74, 6) is -0.630. The van der Waals surface area contributed by atoms with Gasteiger partial charge in [-0.05, 0) is 77.6 Å². The van der Waals surface area contributed by atoms with Crippen LogP contribution in [0.15, 0.2) is 90.0 Å². The highest BCUT2D eigenvalue weighted by molar-refractivity contribution is 7.90. The third-order valence-electron chi connectivity index (χ3n) is 6.21. The van der Waals surface area contributed by atoms with Gasteiger partial charge in [-0.2, -0.15) is 0 Å². The standard InChI is InChI=1S/C31H30N2O5S/c1-4-38-30(34)16-22-7-5-8-23(15-22)24-9-6-10-25(17-24)26-13-14-32-28(18-26)20-33-31(35)27-12-11-21(2)29(19-27)39(3,36)37/h5-15,17-19H,4,16,20H2,1-3H3,(H,33,35). The van der Waals surface area contributed by atoms with Crippen molar-refractivity contribution in [2.75, 3.05) is 12.9 Å². The van der Waals surface area contributed by atoms with E-state index in [0.717, 1.165) is 34.1 Å². The topological polar surface area (TPSA) is 102 Å². The number of aromatic nitrogens is 1. The van der Waals surface area contributed by atoms with Crippen molar-refractivity contribution in [2.45, 2.75) is 31.7 Å². The molecule has 4 rings (SSSR count). The van der Waals surface area contributed by atoms with Crippen molar-refractivity contribution in [3.63, 3.8) is 0 Å². The number of hydrogen-bond donors (Lipinski definition) is 1. The van der Waals surface area contributed by atoms with E-state index in [9.17, 15) is 18.0 Å². The Bertz CT molecular complexity index is 1630. The molecular weight excluding hydrogens is 512 g/mol. The summed E-state index contributed by atoms with van der Waals surface area (Å²) in [6, 6.07) is 24.3. The molecule has 1 amide bonds. The number of aryl methyl sites for hydroxylation is 1. The Morgan fingerprint density at radius 1 is 0.872 bits per heavy atom. The lowest BCUT2D eigenvalue weighted by Gasteiger charge is -2.10. The first-order valence-electron chi connectivity index (χ1n) is 12.5. The molecule has 7 nitrogen and oxygen atoms in total. The lowest BCUT2D eigenvalue weighted by molar-refractivity contribution is -0.142. The third-order valence-corrected chi connectivity index (χ3v) is 7.45. The molecule has 0 unspecified atom stereocenters. The summed E-state index contributed by atoms with van der Waals surface area (Å²) in [6.45, 7) is 4.03. The van der Waals surface area contributed by atoms with E-state index in [1.807, 2.05) is 54.6 Å². The SMILES string of the molecule is CCOC(=O)Cc1cccc(-c2cccc(-c3ccnc(CNC(=O)c4ccc(C)c(S(C)(=O)=O)c4)c3)c2)c1. The zero-order chi connectivity index (χ0) is 28.0. The molecule has 0 spiro atoms. The molecule has 200 valence electrons. The van der Waals surface area contributed by atoms with Gasteiger partial charge in [-0.25, -0.2) is 8.42 Å². The third kappa shape index (κ3) is 7.18. The van der Waals surface area contributed by atoms with Crippen LogP contribution in [-0.2, 0) is 32.3 Å². The van der Waals surface area contributed by atoms with Crippen molar-refractivity contribution in [3.8, 4) is 22.3 Å². The first kappa shape index (κ1) is 27.7. The maximum Gasteiger partial charge on any atom is 0.310 e. The minimum atomic E-state index is -3.44. The molecule has 0 radical (unpaired) electrons. The van der Waals surface area contributed by atoms with E-state index in [2.05, 4.69) is 16.4 Å². The van der Waals surface area contributed by atoms with Gasteiger partial charge in [0.1, 0.15) is 0 Å². The first-order chi connectivity index (χ1) is 18.6. The van der Waals surface area contributed by atoms with E-state index in [-0.39, 0.29) is 35.3 Å². The largest absolute Gasteiger partial charge is 0.466 e. The molecule has 1 heterocycles. The summed E-state index contributed by atoms with van der Waals surface area (Å²) in [5.41, 5.74) is 6.33. The van der Waals surface area contributed by atoms with Crippen LogP contribution < -0.4 is 5.32 Å². The van der Waals surface area contributed by atoms with Crippen molar-refractivity contribution in [2.24, 2.45) is 0 Å². The van der Waals surface area contributed by atoms with Crippen LogP contribution in [0.3, 0.4) is 0 Å². The maximum absolute atomic E-state index is 12.7. The van der Waals surface area contributed by atoms with E-state index in [4.69, 9.17) is 4.74 Å². The fourth-order valence-electron chi connectivity index (χ4n) is 4.29. The zero-order valence-electron chi connectivity index (χ0n) is 22.1. The normalized spacial score (nSPS) is 11.2. The van der Waals surface area contributed by atoms with E-state index in [1.54, 1.807) is 32.2 Å². The molecule has 0 aliphatic rings. The number of sulfone groups is 1. The van der Waals surface area contributed by atoms with Gasteiger partial charge in [-0.1, -0.05) is 48.5 Å². The van der Waals surface area contributed by atoms with Crippen LogP contribution in [0.2, 0.25) is 0 Å². The van der Waals surface area contributed by atoms with E-state index in [0.29, 0.717) is 17.9 Å². The number of amides is 1. The van der Waals surface area contributed by atoms with Crippen molar-refractivity contribution >= 4 is 21.7 Å². The molecule has 0 saturated carbocycles. The Morgan fingerprint density at radius 2 is 1.54 bits per heavy atom. The van der Waals surface area contributed by atoms with Gasteiger partial charge in [0, 0.05) is 18.0 Å². The Labute approximate surface area is 228 Å². The van der Waals surface area contributed by atoms with Crippen LogP contribution in [0.4, 0.5) is 0 Å². The van der Waals surface area contributed by atoms with Crippen molar-refractivity contribution < 1.29 is 22.7 Å². The molecular formula is C31H30N2O5S. The number of carbonyl (C=O) groups excluding carboxylic acids is 2. The summed E-state index contributed by atoms with van der Waals surface area (Å²) in [5, 5.41) is 2.83. The monoisotopic (exact) mass is 542 g/mol. The summed E-state index contributed by atoms with van der Waals surface area (Å²) in [4.78, 5) is 29.2. The number of ether oxygens (including phenoxy) is 1. The summed E-state index contributed by atoms with van der Waals surface area (Å²) < 4.78 is 29.1. The number of nitrogens with one attached hydrogen (secondary N) is 1. The number of pyridine rings is 1. The molecule has 0 aliphatic heterocycles. The number of carbonyl (C=O) groups is 2. The predicted octanol–water partition coefficient (Wildman–Crippen LogP) is 5.16. The Hall–Kier alpha value is -4.30. The quantitative estimate of drug-likeness (QED) is 0.293. The lowest BCUT2D eigenvalue weighted by atomic mass is 9.97. The highest BCUT2D eigenvalue weighted by Crippen LogP contribution is 2.27. The summed E-state index contributed by atoms with van der Waals surface area (Å²) in [6.07, 6.45) is 3.04. The Morgan fingerprint density at radius 3 is 2.23 bits per heavy atom. The number of hydrogen-bond acceptors (Lipinski definition) is 6. The van der Waals surface area contributed by atoms with Crippen LogP contribution in [0, 0.1) is 6.92 Å². The number of esters is 1. The second-order valence-electron chi connectivity index (χ2n) is 9.23.